The number of rotatable bonds is 2. The fourth-order valence-corrected chi connectivity index (χ4v) is 3.06. The highest BCUT2D eigenvalue weighted by atomic mass is 35.5. The Bertz CT molecular complexity index is 302. The van der Waals surface area contributed by atoms with Gasteiger partial charge in [0, 0.05) is 12.3 Å². The molecule has 0 heterocycles. The molecule has 1 atom stereocenters. The monoisotopic (exact) mass is 246 g/mol. The number of hydrogen-bond donors (Lipinski definition) is 0. The van der Waals surface area contributed by atoms with Crippen molar-refractivity contribution in [2.45, 2.75) is 40.3 Å². The van der Waals surface area contributed by atoms with Gasteiger partial charge in [0.1, 0.15) is 0 Å². The van der Waals surface area contributed by atoms with E-state index in [1.165, 1.54) is 0 Å². The second-order valence-electron chi connectivity index (χ2n) is 5.39. The Labute approximate surface area is 98.4 Å². The highest BCUT2D eigenvalue weighted by Gasteiger charge is 2.39. The fourth-order valence-electron chi connectivity index (χ4n) is 1.70. The zero-order valence-corrected chi connectivity index (χ0v) is 12.0. The van der Waals surface area contributed by atoms with Crippen molar-refractivity contribution in [2.24, 2.45) is 11.3 Å². The van der Waals surface area contributed by atoms with Crippen LogP contribution in [0.15, 0.2) is 10.8 Å². The van der Waals surface area contributed by atoms with Crippen molar-refractivity contribution in [1.82, 2.24) is 0 Å². The van der Waals surface area contributed by atoms with Crippen LogP contribution in [0.5, 0.6) is 0 Å². The maximum absolute atomic E-state index is 11.7. The first-order chi connectivity index (χ1) is 6.73. The smallest absolute Gasteiger partial charge is 0.229 e. The van der Waals surface area contributed by atoms with E-state index in [0.29, 0.717) is 17.2 Å². The van der Waals surface area contributed by atoms with Gasteiger partial charge in [-0.05, 0) is 18.5 Å². The molecule has 0 radical (unpaired) electrons. The quantitative estimate of drug-likeness (QED) is 0.700. The van der Waals surface area contributed by atoms with Gasteiger partial charge in [-0.25, -0.2) is 0 Å². The summed E-state index contributed by atoms with van der Waals surface area (Å²) in [4.78, 5) is 11.7. The number of carbonyl (C=O) groups excluding carboxylic acids is 1. The lowest BCUT2D eigenvalue weighted by atomic mass is 9.80. The molecule has 0 aromatic rings. The molecule has 1 aliphatic rings. The molecule has 0 aliphatic heterocycles. The van der Waals surface area contributed by atoms with Crippen LogP contribution in [0, 0.1) is 11.3 Å². The summed E-state index contributed by atoms with van der Waals surface area (Å²) in [6, 6.07) is 0. The van der Waals surface area contributed by atoms with Gasteiger partial charge < -0.3 is 4.43 Å². The van der Waals surface area contributed by atoms with E-state index in [9.17, 15) is 4.79 Å². The Morgan fingerprint density at radius 2 is 1.93 bits per heavy atom. The van der Waals surface area contributed by atoms with E-state index in [1.54, 1.807) is 0 Å². The number of allylic oxidation sites excluding steroid dienone is 2. The first-order valence-corrected chi connectivity index (χ1v) is 8.49. The summed E-state index contributed by atoms with van der Waals surface area (Å²) in [6.45, 7) is 10.4. The lowest BCUT2D eigenvalue weighted by Crippen LogP contribution is -2.19. The summed E-state index contributed by atoms with van der Waals surface area (Å²) in [6.07, 6.45) is 0.499. The summed E-state index contributed by atoms with van der Waals surface area (Å²) in [5, 5.41) is 0.633. The van der Waals surface area contributed by atoms with E-state index < -0.39 is 9.04 Å². The minimum Gasteiger partial charge on any atom is -0.544 e. The van der Waals surface area contributed by atoms with Crippen LogP contribution in [0.4, 0.5) is 0 Å². The van der Waals surface area contributed by atoms with Crippen molar-refractivity contribution in [3.8, 4) is 0 Å². The van der Waals surface area contributed by atoms with Gasteiger partial charge >= 0.3 is 0 Å². The molecule has 0 aromatic carbocycles. The molecular formula is C11H19ClO2Si. The molecule has 2 nitrogen and oxygen atoms in total. The van der Waals surface area contributed by atoms with Crippen molar-refractivity contribution in [2.75, 3.05) is 0 Å². The fraction of sp³-hybridized carbons (Fsp3) is 0.727. The molecule has 0 aromatic heterocycles. The van der Waals surface area contributed by atoms with Gasteiger partial charge in [0.05, 0.1) is 5.03 Å². The van der Waals surface area contributed by atoms with E-state index in [4.69, 9.17) is 16.0 Å². The maximum Gasteiger partial charge on any atom is 0.229 e. The predicted molar refractivity (Wildman–Crippen MR) is 65.4 cm³/mol. The normalized spacial score (nSPS) is 22.9. The SMILES string of the molecule is C[SiH](C)OC1=C(Cl)C(C(C)(C)C)CC1=O. The maximum atomic E-state index is 11.7. The minimum atomic E-state index is -1.25. The number of hydrogen-bond acceptors (Lipinski definition) is 2. The van der Waals surface area contributed by atoms with Crippen LogP contribution in [0.2, 0.25) is 13.1 Å². The van der Waals surface area contributed by atoms with Gasteiger partial charge in [-0.15, -0.1) is 0 Å². The van der Waals surface area contributed by atoms with Gasteiger partial charge in [-0.3, -0.25) is 4.79 Å². The second kappa shape index (κ2) is 4.30. The predicted octanol–water partition coefficient (Wildman–Crippen LogP) is 3.07. The van der Waals surface area contributed by atoms with E-state index >= 15 is 0 Å². The third kappa shape index (κ3) is 2.85. The standard InChI is InChI=1S/C11H19ClO2Si/c1-11(2,3)7-6-8(13)10(9(7)12)14-15(4)5/h7,15H,6H2,1-5H3. The molecule has 0 bridgehead atoms. The van der Waals surface area contributed by atoms with E-state index in [2.05, 4.69) is 20.8 Å². The molecule has 0 saturated heterocycles. The molecule has 0 N–H and O–H groups in total. The highest BCUT2D eigenvalue weighted by molar-refractivity contribution is 6.49. The van der Waals surface area contributed by atoms with E-state index in [0.717, 1.165) is 0 Å². The zero-order chi connectivity index (χ0) is 11.8. The van der Waals surface area contributed by atoms with Crippen LogP contribution in [0.3, 0.4) is 0 Å². The summed E-state index contributed by atoms with van der Waals surface area (Å²) in [7, 11) is -1.25. The average Bonchev–Trinajstić information content (AvgIpc) is 2.30. The largest absolute Gasteiger partial charge is 0.544 e. The van der Waals surface area contributed by atoms with Crippen molar-refractivity contribution in [3.63, 3.8) is 0 Å². The van der Waals surface area contributed by atoms with E-state index in [-0.39, 0.29) is 17.1 Å². The summed E-state index contributed by atoms with van der Waals surface area (Å²) >= 11 is 6.22. The van der Waals surface area contributed by atoms with Gasteiger partial charge in [-0.2, -0.15) is 0 Å². The Kier molecular flexibility index (Phi) is 3.66. The molecule has 1 unspecified atom stereocenters. The number of ketones is 1. The Morgan fingerprint density at radius 3 is 2.27 bits per heavy atom. The molecule has 86 valence electrons. The first kappa shape index (κ1) is 12.8. The lowest BCUT2D eigenvalue weighted by molar-refractivity contribution is -0.117. The van der Waals surface area contributed by atoms with Crippen LogP contribution in [-0.2, 0) is 9.22 Å². The van der Waals surface area contributed by atoms with Crippen LogP contribution >= 0.6 is 11.6 Å². The third-order valence-electron chi connectivity index (χ3n) is 2.56. The molecule has 4 heteroatoms. The summed E-state index contributed by atoms with van der Waals surface area (Å²) < 4.78 is 5.60. The topological polar surface area (TPSA) is 26.3 Å². The zero-order valence-electron chi connectivity index (χ0n) is 10.1. The molecule has 15 heavy (non-hydrogen) atoms. The number of halogens is 1. The second-order valence-corrected chi connectivity index (χ2v) is 8.13. The summed E-state index contributed by atoms with van der Waals surface area (Å²) in [5.74, 6) is 0.633. The molecule has 0 fully saturated rings. The lowest BCUT2D eigenvalue weighted by Gasteiger charge is -2.26. The molecular weight excluding hydrogens is 228 g/mol. The molecule has 1 aliphatic carbocycles. The van der Waals surface area contributed by atoms with Crippen molar-refractivity contribution in [3.05, 3.63) is 10.8 Å². The Hall–Kier alpha value is -0.283. The number of carbonyl (C=O) groups is 1. The van der Waals surface area contributed by atoms with Gasteiger partial charge in [0.15, 0.2) is 11.5 Å². The first-order valence-electron chi connectivity index (χ1n) is 5.33. The van der Waals surface area contributed by atoms with Crippen molar-refractivity contribution in [1.29, 1.82) is 0 Å². The minimum absolute atomic E-state index is 0.0242. The van der Waals surface area contributed by atoms with Gasteiger partial charge in [0.2, 0.25) is 9.04 Å². The summed E-state index contributed by atoms with van der Waals surface area (Å²) in [5.41, 5.74) is 0.0242. The van der Waals surface area contributed by atoms with Crippen LogP contribution in [0.25, 0.3) is 0 Å². The van der Waals surface area contributed by atoms with Gasteiger partial charge in [0.25, 0.3) is 0 Å². The van der Waals surface area contributed by atoms with Crippen LogP contribution < -0.4 is 0 Å². The third-order valence-corrected chi connectivity index (χ3v) is 3.71. The van der Waals surface area contributed by atoms with Gasteiger partial charge in [-0.1, -0.05) is 32.4 Å². The molecule has 0 saturated carbocycles. The molecule has 1 rings (SSSR count). The molecule has 0 spiro atoms. The van der Waals surface area contributed by atoms with E-state index in [1.807, 2.05) is 13.1 Å². The average molecular weight is 247 g/mol. The Morgan fingerprint density at radius 1 is 1.40 bits per heavy atom. The molecule has 0 amide bonds. The number of Topliss-reactive ketones (excluding diaryl/α,β-unsaturated/α-hetero) is 1. The highest BCUT2D eigenvalue weighted by Crippen LogP contribution is 2.43. The van der Waals surface area contributed by atoms with Crippen molar-refractivity contribution >= 4 is 26.4 Å². The van der Waals surface area contributed by atoms with Crippen LogP contribution in [0.1, 0.15) is 27.2 Å². The van der Waals surface area contributed by atoms with Crippen molar-refractivity contribution < 1.29 is 9.22 Å². The Balaban J connectivity index is 2.94. The van der Waals surface area contributed by atoms with Crippen LogP contribution in [-0.4, -0.2) is 14.8 Å².